The Labute approximate surface area is 132 Å². The highest BCUT2D eigenvalue weighted by atomic mass is 79.9. The van der Waals surface area contributed by atoms with Crippen LogP contribution in [-0.4, -0.2) is 0 Å². The Morgan fingerprint density at radius 3 is 1.32 bits per heavy atom. The summed E-state index contributed by atoms with van der Waals surface area (Å²) < 4.78 is 2.39. The minimum Gasteiger partial charge on any atom is -0.0544 e. The number of rotatable bonds is 2. The van der Waals surface area contributed by atoms with Crippen LogP contribution in [0.15, 0.2) is 33.2 Å². The van der Waals surface area contributed by atoms with Gasteiger partial charge in [-0.1, -0.05) is 44.0 Å². The molecule has 0 N–H and O–H groups in total. The second-order valence-electron chi connectivity index (χ2n) is 5.23. The number of hydrogen-bond donors (Lipinski definition) is 0. The summed E-state index contributed by atoms with van der Waals surface area (Å²) in [5, 5.41) is 0. The lowest BCUT2D eigenvalue weighted by molar-refractivity contribution is 1.13. The molecule has 0 saturated carbocycles. The van der Waals surface area contributed by atoms with Gasteiger partial charge in [-0.3, -0.25) is 0 Å². The molecule has 0 aliphatic heterocycles. The topological polar surface area (TPSA) is 0 Å². The van der Waals surface area contributed by atoms with Crippen LogP contribution in [0.25, 0.3) is 0 Å². The normalized spacial score (nSPS) is 10.8. The van der Waals surface area contributed by atoms with Crippen molar-refractivity contribution < 1.29 is 0 Å². The lowest BCUT2D eigenvalue weighted by Crippen LogP contribution is -1.95. The van der Waals surface area contributed by atoms with Crippen LogP contribution in [-0.2, 0) is 6.42 Å². The van der Waals surface area contributed by atoms with E-state index in [1.165, 1.54) is 42.3 Å². The summed E-state index contributed by atoms with van der Waals surface area (Å²) in [6.07, 6.45) is 0.948. The van der Waals surface area contributed by atoms with Crippen LogP contribution in [0.1, 0.15) is 33.4 Å². The fourth-order valence-electron chi connectivity index (χ4n) is 2.16. The van der Waals surface area contributed by atoms with Crippen LogP contribution in [0, 0.1) is 27.7 Å². The third-order valence-corrected chi connectivity index (χ3v) is 5.18. The molecule has 2 heteroatoms. The summed E-state index contributed by atoms with van der Waals surface area (Å²) in [6, 6.07) is 8.97. The van der Waals surface area contributed by atoms with Gasteiger partial charge in [0.25, 0.3) is 0 Å². The highest BCUT2D eigenvalue weighted by Gasteiger charge is 2.08. The van der Waals surface area contributed by atoms with Crippen molar-refractivity contribution in [3.8, 4) is 0 Å². The fraction of sp³-hybridized carbons (Fsp3) is 0.294. The molecule has 0 aromatic heterocycles. The molecule has 2 aromatic carbocycles. The zero-order chi connectivity index (χ0) is 14.2. The van der Waals surface area contributed by atoms with E-state index < -0.39 is 0 Å². The van der Waals surface area contributed by atoms with E-state index in [1.807, 2.05) is 0 Å². The standard InChI is InChI=1S/C17H18Br2/c1-10-5-14(16(18)7-12(10)3)9-15-6-11(2)13(4)8-17(15)19/h5-8H,9H2,1-4H3. The summed E-state index contributed by atoms with van der Waals surface area (Å²) in [4.78, 5) is 0. The van der Waals surface area contributed by atoms with Gasteiger partial charge in [-0.05, 0) is 79.6 Å². The zero-order valence-electron chi connectivity index (χ0n) is 11.8. The first-order valence-corrected chi connectivity index (χ1v) is 7.98. The van der Waals surface area contributed by atoms with Crippen molar-refractivity contribution in [2.24, 2.45) is 0 Å². The van der Waals surface area contributed by atoms with Gasteiger partial charge in [-0.2, -0.15) is 0 Å². The molecule has 0 aliphatic carbocycles. The molecule has 0 heterocycles. The van der Waals surface area contributed by atoms with Gasteiger partial charge in [0.05, 0.1) is 0 Å². The maximum absolute atomic E-state index is 3.68. The Morgan fingerprint density at radius 1 is 0.632 bits per heavy atom. The van der Waals surface area contributed by atoms with E-state index >= 15 is 0 Å². The van der Waals surface area contributed by atoms with Gasteiger partial charge in [0.15, 0.2) is 0 Å². The van der Waals surface area contributed by atoms with Gasteiger partial charge in [0.2, 0.25) is 0 Å². The molecule has 100 valence electrons. The molecular formula is C17H18Br2. The Kier molecular flexibility index (Phi) is 4.52. The Morgan fingerprint density at radius 2 is 0.947 bits per heavy atom. The molecule has 0 fully saturated rings. The molecule has 2 aromatic rings. The molecular weight excluding hydrogens is 364 g/mol. The van der Waals surface area contributed by atoms with E-state index in [9.17, 15) is 0 Å². The maximum Gasteiger partial charge on any atom is 0.0213 e. The highest BCUT2D eigenvalue weighted by molar-refractivity contribution is 9.10. The second-order valence-corrected chi connectivity index (χ2v) is 6.94. The number of hydrogen-bond acceptors (Lipinski definition) is 0. The largest absolute Gasteiger partial charge is 0.0544 e. The Balaban J connectivity index is 2.42. The summed E-state index contributed by atoms with van der Waals surface area (Å²) in [6.45, 7) is 8.63. The van der Waals surface area contributed by atoms with Gasteiger partial charge in [-0.15, -0.1) is 0 Å². The van der Waals surface area contributed by atoms with Crippen molar-refractivity contribution in [2.45, 2.75) is 34.1 Å². The Bertz CT molecular complexity index is 572. The number of aryl methyl sites for hydroxylation is 4. The molecule has 0 saturated heterocycles. The van der Waals surface area contributed by atoms with Crippen LogP contribution in [0.2, 0.25) is 0 Å². The SMILES string of the molecule is Cc1cc(Br)c(Cc2cc(C)c(C)cc2Br)cc1C. The molecule has 0 radical (unpaired) electrons. The molecule has 0 nitrogen and oxygen atoms in total. The monoisotopic (exact) mass is 380 g/mol. The predicted octanol–water partition coefficient (Wildman–Crippen LogP) is 6.04. The zero-order valence-corrected chi connectivity index (χ0v) is 14.9. The minimum atomic E-state index is 0.948. The second kappa shape index (κ2) is 5.80. The summed E-state index contributed by atoms with van der Waals surface area (Å²) in [5.74, 6) is 0. The van der Waals surface area contributed by atoms with Gasteiger partial charge < -0.3 is 0 Å². The smallest absolute Gasteiger partial charge is 0.0213 e. The average molecular weight is 382 g/mol. The van der Waals surface area contributed by atoms with Crippen molar-refractivity contribution in [1.29, 1.82) is 0 Å². The predicted molar refractivity (Wildman–Crippen MR) is 90.0 cm³/mol. The van der Waals surface area contributed by atoms with Crippen molar-refractivity contribution in [1.82, 2.24) is 0 Å². The molecule has 0 bridgehead atoms. The van der Waals surface area contributed by atoms with Crippen molar-refractivity contribution >= 4 is 31.9 Å². The number of halogens is 2. The molecule has 0 atom stereocenters. The van der Waals surface area contributed by atoms with E-state index in [-0.39, 0.29) is 0 Å². The lowest BCUT2D eigenvalue weighted by atomic mass is 9.98. The van der Waals surface area contributed by atoms with Crippen molar-refractivity contribution in [2.75, 3.05) is 0 Å². The first kappa shape index (κ1) is 14.8. The fourth-order valence-corrected chi connectivity index (χ4v) is 3.35. The third-order valence-electron chi connectivity index (χ3n) is 3.71. The van der Waals surface area contributed by atoms with Gasteiger partial charge in [0, 0.05) is 8.95 Å². The van der Waals surface area contributed by atoms with E-state index in [0.29, 0.717) is 0 Å². The first-order chi connectivity index (χ1) is 8.88. The van der Waals surface area contributed by atoms with E-state index in [2.05, 4.69) is 83.8 Å². The molecule has 0 unspecified atom stereocenters. The minimum absolute atomic E-state index is 0.948. The van der Waals surface area contributed by atoms with E-state index in [4.69, 9.17) is 0 Å². The Hall–Kier alpha value is -0.600. The molecule has 2 rings (SSSR count). The molecule has 0 amide bonds. The van der Waals surface area contributed by atoms with Crippen LogP contribution in [0.5, 0.6) is 0 Å². The third kappa shape index (κ3) is 3.29. The number of benzene rings is 2. The van der Waals surface area contributed by atoms with E-state index in [1.54, 1.807) is 0 Å². The quantitative estimate of drug-likeness (QED) is 0.595. The maximum atomic E-state index is 3.68. The average Bonchev–Trinajstić information content (AvgIpc) is 2.32. The summed E-state index contributed by atoms with van der Waals surface area (Å²) in [7, 11) is 0. The van der Waals surface area contributed by atoms with Gasteiger partial charge in [-0.25, -0.2) is 0 Å². The molecule has 19 heavy (non-hydrogen) atoms. The van der Waals surface area contributed by atoms with Crippen LogP contribution in [0.3, 0.4) is 0 Å². The first-order valence-electron chi connectivity index (χ1n) is 6.39. The lowest BCUT2D eigenvalue weighted by Gasteiger charge is -2.12. The van der Waals surface area contributed by atoms with Gasteiger partial charge in [0.1, 0.15) is 0 Å². The van der Waals surface area contributed by atoms with Crippen LogP contribution >= 0.6 is 31.9 Å². The highest BCUT2D eigenvalue weighted by Crippen LogP contribution is 2.28. The van der Waals surface area contributed by atoms with Crippen LogP contribution < -0.4 is 0 Å². The van der Waals surface area contributed by atoms with Gasteiger partial charge >= 0.3 is 0 Å². The summed E-state index contributed by atoms with van der Waals surface area (Å²) >= 11 is 7.36. The van der Waals surface area contributed by atoms with Crippen molar-refractivity contribution in [3.05, 3.63) is 66.6 Å². The molecule has 0 aliphatic rings. The van der Waals surface area contributed by atoms with Crippen LogP contribution in [0.4, 0.5) is 0 Å². The van der Waals surface area contributed by atoms with Crippen molar-refractivity contribution in [3.63, 3.8) is 0 Å². The summed E-state index contributed by atoms with van der Waals surface area (Å²) in [5.41, 5.74) is 8.03. The molecule has 0 spiro atoms. The van der Waals surface area contributed by atoms with E-state index in [0.717, 1.165) is 6.42 Å².